The van der Waals surface area contributed by atoms with E-state index in [0.717, 1.165) is 41.2 Å². The largest absolute Gasteiger partial charge is 0.314 e. The van der Waals surface area contributed by atoms with E-state index in [1.165, 1.54) is 6.07 Å². The highest BCUT2D eigenvalue weighted by Crippen LogP contribution is 2.16. The third-order valence-electron chi connectivity index (χ3n) is 3.39. The number of hydrogen-bond acceptors (Lipinski definition) is 3. The standard InChI is InChI=1S/C16H21FN2S/c1-4-18-15(9-16-10-20-12(3)19-16)8-13-7-14(17)6-5-11(13)2/h5-7,10,15,18H,4,8-9H2,1-3H3. The second kappa shape index (κ2) is 6.95. The quantitative estimate of drug-likeness (QED) is 0.879. The van der Waals surface area contributed by atoms with E-state index in [0.29, 0.717) is 6.04 Å². The molecule has 0 aliphatic rings. The number of rotatable bonds is 6. The Balaban J connectivity index is 2.10. The lowest BCUT2D eigenvalue weighted by molar-refractivity contribution is 0.514. The van der Waals surface area contributed by atoms with Gasteiger partial charge in [0, 0.05) is 17.8 Å². The minimum absolute atomic E-state index is 0.162. The van der Waals surface area contributed by atoms with Crippen LogP contribution in [0.4, 0.5) is 4.39 Å². The van der Waals surface area contributed by atoms with Gasteiger partial charge in [-0.05, 0) is 50.1 Å². The van der Waals surface area contributed by atoms with Crippen molar-refractivity contribution in [1.82, 2.24) is 10.3 Å². The van der Waals surface area contributed by atoms with E-state index in [9.17, 15) is 4.39 Å². The van der Waals surface area contributed by atoms with E-state index in [-0.39, 0.29) is 5.82 Å². The predicted octanol–water partition coefficient (Wildman–Crippen LogP) is 3.66. The van der Waals surface area contributed by atoms with Gasteiger partial charge >= 0.3 is 0 Å². The summed E-state index contributed by atoms with van der Waals surface area (Å²) in [4.78, 5) is 4.52. The second-order valence-corrected chi connectivity index (χ2v) is 6.15. The Morgan fingerprint density at radius 3 is 2.75 bits per heavy atom. The highest BCUT2D eigenvalue weighted by molar-refractivity contribution is 7.09. The average molecular weight is 292 g/mol. The Labute approximate surface area is 124 Å². The fourth-order valence-corrected chi connectivity index (χ4v) is 3.01. The van der Waals surface area contributed by atoms with Gasteiger partial charge in [0.25, 0.3) is 0 Å². The predicted molar refractivity (Wildman–Crippen MR) is 82.9 cm³/mol. The maximum absolute atomic E-state index is 13.4. The van der Waals surface area contributed by atoms with Crippen molar-refractivity contribution in [3.05, 3.63) is 51.2 Å². The van der Waals surface area contributed by atoms with Crippen molar-refractivity contribution in [2.75, 3.05) is 6.54 Å². The molecule has 4 heteroatoms. The van der Waals surface area contributed by atoms with Gasteiger partial charge in [-0.25, -0.2) is 9.37 Å². The maximum atomic E-state index is 13.4. The van der Waals surface area contributed by atoms with Gasteiger partial charge in [0.05, 0.1) is 10.7 Å². The average Bonchev–Trinajstić information content (AvgIpc) is 2.79. The fourth-order valence-electron chi connectivity index (χ4n) is 2.39. The first-order valence-corrected chi connectivity index (χ1v) is 7.86. The summed E-state index contributed by atoms with van der Waals surface area (Å²) >= 11 is 1.68. The van der Waals surface area contributed by atoms with E-state index in [4.69, 9.17) is 0 Å². The molecule has 2 aromatic rings. The first-order valence-electron chi connectivity index (χ1n) is 6.98. The van der Waals surface area contributed by atoms with Gasteiger partial charge in [0.1, 0.15) is 5.82 Å². The topological polar surface area (TPSA) is 24.9 Å². The molecule has 0 aliphatic carbocycles. The zero-order chi connectivity index (χ0) is 14.5. The summed E-state index contributed by atoms with van der Waals surface area (Å²) in [7, 11) is 0. The molecule has 0 amide bonds. The molecule has 1 aromatic heterocycles. The SMILES string of the molecule is CCNC(Cc1csc(C)n1)Cc1cc(F)ccc1C. The fraction of sp³-hybridized carbons (Fsp3) is 0.438. The minimum atomic E-state index is -0.162. The Morgan fingerprint density at radius 1 is 1.30 bits per heavy atom. The number of thiazole rings is 1. The molecular weight excluding hydrogens is 271 g/mol. The highest BCUT2D eigenvalue weighted by Gasteiger charge is 2.13. The zero-order valence-corrected chi connectivity index (χ0v) is 13.1. The normalized spacial score (nSPS) is 12.6. The lowest BCUT2D eigenvalue weighted by atomic mass is 9.98. The van der Waals surface area contributed by atoms with Crippen molar-refractivity contribution in [1.29, 1.82) is 0 Å². The van der Waals surface area contributed by atoms with E-state index in [2.05, 4.69) is 22.6 Å². The number of hydrogen-bond donors (Lipinski definition) is 1. The van der Waals surface area contributed by atoms with Crippen LogP contribution < -0.4 is 5.32 Å². The molecule has 1 atom stereocenters. The van der Waals surface area contributed by atoms with Gasteiger partial charge in [0.15, 0.2) is 0 Å². The van der Waals surface area contributed by atoms with Crippen LogP contribution in [-0.2, 0) is 12.8 Å². The summed E-state index contributed by atoms with van der Waals surface area (Å²) in [6.45, 7) is 7.05. The smallest absolute Gasteiger partial charge is 0.123 e. The Kier molecular flexibility index (Phi) is 5.26. The van der Waals surface area contributed by atoms with Crippen molar-refractivity contribution >= 4 is 11.3 Å². The summed E-state index contributed by atoms with van der Waals surface area (Å²) in [5, 5.41) is 6.68. The lowest BCUT2D eigenvalue weighted by Gasteiger charge is -2.18. The summed E-state index contributed by atoms with van der Waals surface area (Å²) in [5.74, 6) is -0.162. The molecule has 0 bridgehead atoms. The van der Waals surface area contributed by atoms with Gasteiger partial charge in [-0.2, -0.15) is 0 Å². The summed E-state index contributed by atoms with van der Waals surface area (Å²) < 4.78 is 13.4. The molecule has 1 heterocycles. The molecule has 20 heavy (non-hydrogen) atoms. The number of benzene rings is 1. The van der Waals surface area contributed by atoms with Crippen LogP contribution >= 0.6 is 11.3 Å². The minimum Gasteiger partial charge on any atom is -0.314 e. The van der Waals surface area contributed by atoms with Gasteiger partial charge in [-0.15, -0.1) is 11.3 Å². The van der Waals surface area contributed by atoms with Gasteiger partial charge < -0.3 is 5.32 Å². The molecule has 0 radical (unpaired) electrons. The number of aryl methyl sites for hydroxylation is 2. The lowest BCUT2D eigenvalue weighted by Crippen LogP contribution is -2.33. The molecule has 2 nitrogen and oxygen atoms in total. The summed E-state index contributed by atoms with van der Waals surface area (Å²) in [6.07, 6.45) is 1.71. The van der Waals surface area contributed by atoms with Crippen molar-refractivity contribution in [3.8, 4) is 0 Å². The van der Waals surface area contributed by atoms with Gasteiger partial charge in [0.2, 0.25) is 0 Å². The zero-order valence-electron chi connectivity index (χ0n) is 12.2. The van der Waals surface area contributed by atoms with E-state index < -0.39 is 0 Å². The molecule has 2 rings (SSSR count). The monoisotopic (exact) mass is 292 g/mol. The van der Waals surface area contributed by atoms with E-state index in [1.54, 1.807) is 17.4 Å². The van der Waals surface area contributed by atoms with Crippen molar-refractivity contribution in [3.63, 3.8) is 0 Å². The molecule has 1 N–H and O–H groups in total. The molecule has 0 aliphatic heterocycles. The molecular formula is C16H21FN2S. The molecule has 108 valence electrons. The second-order valence-electron chi connectivity index (χ2n) is 5.09. The Morgan fingerprint density at radius 2 is 2.10 bits per heavy atom. The number of likely N-dealkylation sites (N-methyl/N-ethyl adjacent to an activating group) is 1. The number of nitrogens with zero attached hydrogens (tertiary/aromatic N) is 1. The van der Waals surface area contributed by atoms with Crippen molar-refractivity contribution in [2.45, 2.75) is 39.7 Å². The first kappa shape index (κ1) is 15.1. The molecule has 0 saturated heterocycles. The van der Waals surface area contributed by atoms with E-state index in [1.807, 2.05) is 19.9 Å². The van der Waals surface area contributed by atoms with Crippen molar-refractivity contribution < 1.29 is 4.39 Å². The highest BCUT2D eigenvalue weighted by atomic mass is 32.1. The van der Waals surface area contributed by atoms with Crippen LogP contribution in [0.2, 0.25) is 0 Å². The van der Waals surface area contributed by atoms with Gasteiger partial charge in [-0.1, -0.05) is 13.0 Å². The van der Waals surface area contributed by atoms with Crippen LogP contribution in [-0.4, -0.2) is 17.6 Å². The summed E-state index contributed by atoms with van der Waals surface area (Å²) in [6, 6.07) is 5.30. The molecule has 0 saturated carbocycles. The Bertz CT molecular complexity index is 565. The van der Waals surface area contributed by atoms with Crippen LogP contribution in [0.15, 0.2) is 23.6 Å². The summed E-state index contributed by atoms with van der Waals surface area (Å²) in [5.41, 5.74) is 3.33. The molecule has 0 spiro atoms. The van der Waals surface area contributed by atoms with Crippen LogP contribution in [0.5, 0.6) is 0 Å². The van der Waals surface area contributed by atoms with Crippen LogP contribution in [0.3, 0.4) is 0 Å². The first-order chi connectivity index (χ1) is 9.58. The number of halogens is 1. The van der Waals surface area contributed by atoms with Crippen LogP contribution in [0.25, 0.3) is 0 Å². The van der Waals surface area contributed by atoms with Gasteiger partial charge in [-0.3, -0.25) is 0 Å². The van der Waals surface area contributed by atoms with Crippen LogP contribution in [0.1, 0.15) is 28.8 Å². The molecule has 1 aromatic carbocycles. The molecule has 0 fully saturated rings. The third-order valence-corrected chi connectivity index (χ3v) is 4.21. The number of nitrogens with one attached hydrogen (secondary N) is 1. The third kappa shape index (κ3) is 4.12. The van der Waals surface area contributed by atoms with Crippen LogP contribution in [0, 0.1) is 19.7 Å². The molecule has 1 unspecified atom stereocenters. The maximum Gasteiger partial charge on any atom is 0.123 e. The number of aromatic nitrogens is 1. The van der Waals surface area contributed by atoms with Crippen molar-refractivity contribution in [2.24, 2.45) is 0 Å². The van der Waals surface area contributed by atoms with E-state index >= 15 is 0 Å². The Hall–Kier alpha value is -1.26.